The standard InChI is InChI=1S/C70H131NO8/c1-6-8-10-12-14-16-18-20-22-24-26-27-28-29-30-31-32-33-34-35-36-37-38-39-40-41-43-45-47-49-51-53-55-57-59-61-68(73)79-66(65-78-70(69(74)75)76-63-62-71(3,4)5)64-77-67(72)60-58-56-54-52-50-48-46-44-42-25-23-21-19-17-15-13-11-9-7-2/h18,20-21,23-24,26,66,70H,6-17,19,22,25,27-65H2,1-5H3/p+1/b20-18-,23-21-,26-24-. The number of rotatable bonds is 64. The summed E-state index contributed by atoms with van der Waals surface area (Å²) in [6, 6.07) is 0. The summed E-state index contributed by atoms with van der Waals surface area (Å²) in [5, 5.41) is 9.73. The minimum Gasteiger partial charge on any atom is -0.477 e. The number of aliphatic carboxylic acids is 1. The number of ether oxygens (including phenoxy) is 4. The van der Waals surface area contributed by atoms with Crippen LogP contribution in [0.5, 0.6) is 0 Å². The van der Waals surface area contributed by atoms with Crippen molar-refractivity contribution in [3.05, 3.63) is 36.5 Å². The van der Waals surface area contributed by atoms with Crippen molar-refractivity contribution in [3.63, 3.8) is 0 Å². The molecule has 0 aliphatic heterocycles. The number of carbonyl (C=O) groups excluding carboxylic acids is 2. The Kier molecular flexibility index (Phi) is 59.6. The molecule has 0 amide bonds. The molecule has 0 aromatic carbocycles. The second-order valence-electron chi connectivity index (χ2n) is 24.5. The van der Waals surface area contributed by atoms with Crippen LogP contribution in [0.1, 0.15) is 335 Å². The van der Waals surface area contributed by atoms with E-state index in [1.54, 1.807) is 0 Å². The fourth-order valence-electron chi connectivity index (χ4n) is 10.1. The molecule has 0 heterocycles. The van der Waals surface area contributed by atoms with Gasteiger partial charge in [0.25, 0.3) is 6.29 Å². The van der Waals surface area contributed by atoms with Crippen LogP contribution in [-0.2, 0) is 33.3 Å². The van der Waals surface area contributed by atoms with Gasteiger partial charge in [-0.2, -0.15) is 0 Å². The van der Waals surface area contributed by atoms with Gasteiger partial charge in [-0.05, 0) is 70.6 Å². The molecule has 0 spiro atoms. The predicted molar refractivity (Wildman–Crippen MR) is 337 cm³/mol. The molecule has 0 aliphatic carbocycles. The fraction of sp³-hybridized carbons (Fsp3) is 0.871. The van der Waals surface area contributed by atoms with Crippen LogP contribution >= 0.6 is 0 Å². The van der Waals surface area contributed by atoms with E-state index in [-0.39, 0.29) is 38.2 Å². The number of hydrogen-bond donors (Lipinski definition) is 1. The third-order valence-electron chi connectivity index (χ3n) is 15.4. The number of carboxylic acid groups (broad SMARTS) is 1. The van der Waals surface area contributed by atoms with Gasteiger partial charge in [-0.3, -0.25) is 9.59 Å². The first-order valence-electron chi connectivity index (χ1n) is 34.2. The lowest BCUT2D eigenvalue weighted by molar-refractivity contribution is -0.870. The van der Waals surface area contributed by atoms with E-state index in [0.29, 0.717) is 17.4 Å². The lowest BCUT2D eigenvalue weighted by atomic mass is 10.0. The zero-order valence-corrected chi connectivity index (χ0v) is 53.1. The van der Waals surface area contributed by atoms with Gasteiger partial charge in [0.15, 0.2) is 6.10 Å². The van der Waals surface area contributed by atoms with Crippen molar-refractivity contribution in [1.29, 1.82) is 0 Å². The van der Waals surface area contributed by atoms with Gasteiger partial charge in [-0.25, -0.2) is 4.79 Å². The molecular formula is C70H132NO8+. The number of likely N-dealkylation sites (N-methyl/N-ethyl adjacent to an activating group) is 1. The Morgan fingerprint density at radius 1 is 0.380 bits per heavy atom. The quantitative estimate of drug-likeness (QED) is 0.0211. The average Bonchev–Trinajstić information content (AvgIpc) is 3.42. The summed E-state index contributed by atoms with van der Waals surface area (Å²) in [5.41, 5.74) is 0. The first-order chi connectivity index (χ1) is 38.6. The van der Waals surface area contributed by atoms with Gasteiger partial charge in [0.2, 0.25) is 0 Å². The molecule has 0 aromatic heterocycles. The number of quaternary nitrogens is 1. The molecule has 0 fully saturated rings. The number of carbonyl (C=O) groups is 3. The predicted octanol–water partition coefficient (Wildman–Crippen LogP) is 20.8. The summed E-state index contributed by atoms with van der Waals surface area (Å²) in [6.07, 6.45) is 74.0. The first-order valence-corrected chi connectivity index (χ1v) is 34.2. The maximum Gasteiger partial charge on any atom is 0.361 e. The Labute approximate surface area is 490 Å². The summed E-state index contributed by atoms with van der Waals surface area (Å²) in [6.45, 7) is 4.92. The SMILES string of the molecule is CCCCCCC/C=C\C/C=C\CCCCCCCCCCCCCCCCCCCCCCCCCC(=O)OC(COC(=O)CCCCCCCCCCC/C=C\CCCCCCCC)COC(OCC[N+](C)(C)C)C(=O)O. The van der Waals surface area contributed by atoms with Crippen LogP contribution in [0.25, 0.3) is 0 Å². The van der Waals surface area contributed by atoms with Crippen LogP contribution in [0.15, 0.2) is 36.5 Å². The smallest absolute Gasteiger partial charge is 0.361 e. The van der Waals surface area contributed by atoms with Crippen molar-refractivity contribution >= 4 is 17.9 Å². The van der Waals surface area contributed by atoms with Crippen molar-refractivity contribution in [1.82, 2.24) is 0 Å². The fourth-order valence-corrected chi connectivity index (χ4v) is 10.1. The molecule has 0 bridgehead atoms. The van der Waals surface area contributed by atoms with Crippen molar-refractivity contribution in [2.45, 2.75) is 347 Å². The molecule has 0 aromatic rings. The number of esters is 2. The van der Waals surface area contributed by atoms with Gasteiger partial charge in [0, 0.05) is 12.8 Å². The van der Waals surface area contributed by atoms with E-state index in [1.807, 2.05) is 21.1 Å². The largest absolute Gasteiger partial charge is 0.477 e. The molecule has 0 saturated heterocycles. The summed E-state index contributed by atoms with van der Waals surface area (Å²) in [4.78, 5) is 37.5. The topological polar surface area (TPSA) is 108 Å². The first kappa shape index (κ1) is 76.5. The Morgan fingerprint density at radius 3 is 1.01 bits per heavy atom. The maximum absolute atomic E-state index is 12.9. The van der Waals surface area contributed by atoms with Crippen LogP contribution in [-0.4, -0.2) is 87.4 Å². The molecule has 464 valence electrons. The van der Waals surface area contributed by atoms with E-state index in [4.69, 9.17) is 18.9 Å². The Balaban J connectivity index is 4.02. The highest BCUT2D eigenvalue weighted by Crippen LogP contribution is 2.18. The van der Waals surface area contributed by atoms with Gasteiger partial charge >= 0.3 is 17.9 Å². The van der Waals surface area contributed by atoms with Gasteiger partial charge in [0.1, 0.15) is 13.2 Å². The molecule has 0 radical (unpaired) electrons. The molecular weight excluding hydrogens is 983 g/mol. The molecule has 0 saturated carbocycles. The zero-order valence-electron chi connectivity index (χ0n) is 53.1. The van der Waals surface area contributed by atoms with E-state index >= 15 is 0 Å². The summed E-state index contributed by atoms with van der Waals surface area (Å²) < 4.78 is 23.0. The van der Waals surface area contributed by atoms with Gasteiger partial charge in [-0.1, -0.05) is 288 Å². The van der Waals surface area contributed by atoms with Crippen molar-refractivity contribution in [2.75, 3.05) is 47.5 Å². The third kappa shape index (κ3) is 63.0. The minimum absolute atomic E-state index is 0.178. The normalized spacial score (nSPS) is 12.9. The number of unbranched alkanes of at least 4 members (excludes halogenated alkanes) is 43. The van der Waals surface area contributed by atoms with E-state index < -0.39 is 18.4 Å². The number of carboxylic acids is 1. The average molecular weight is 1120 g/mol. The van der Waals surface area contributed by atoms with Crippen molar-refractivity contribution in [2.24, 2.45) is 0 Å². The van der Waals surface area contributed by atoms with Crippen LogP contribution in [0.3, 0.4) is 0 Å². The Hall–Kier alpha value is -2.49. The molecule has 9 heteroatoms. The van der Waals surface area contributed by atoms with Gasteiger partial charge in [0.05, 0.1) is 34.4 Å². The Morgan fingerprint density at radius 2 is 0.684 bits per heavy atom. The number of hydrogen-bond acceptors (Lipinski definition) is 7. The maximum atomic E-state index is 12.9. The lowest BCUT2D eigenvalue weighted by Gasteiger charge is -2.25. The molecule has 1 N–H and O–H groups in total. The zero-order chi connectivity index (χ0) is 57.6. The van der Waals surface area contributed by atoms with Gasteiger partial charge in [-0.15, -0.1) is 0 Å². The second kappa shape index (κ2) is 61.6. The number of nitrogens with zero attached hydrogens (tertiary/aromatic N) is 1. The molecule has 0 rings (SSSR count). The van der Waals surface area contributed by atoms with E-state index in [2.05, 4.69) is 50.3 Å². The molecule has 2 atom stereocenters. The monoisotopic (exact) mass is 1110 g/mol. The summed E-state index contributed by atoms with van der Waals surface area (Å²) in [5.74, 6) is -1.98. The second-order valence-corrected chi connectivity index (χ2v) is 24.5. The third-order valence-corrected chi connectivity index (χ3v) is 15.4. The highest BCUT2D eigenvalue weighted by Gasteiger charge is 2.25. The number of allylic oxidation sites excluding steroid dienone is 6. The van der Waals surface area contributed by atoms with E-state index in [0.717, 1.165) is 44.9 Å². The summed E-state index contributed by atoms with van der Waals surface area (Å²) in [7, 11) is 5.98. The lowest BCUT2D eigenvalue weighted by Crippen LogP contribution is -2.40. The minimum atomic E-state index is -1.51. The molecule has 9 nitrogen and oxygen atoms in total. The molecule has 2 unspecified atom stereocenters. The van der Waals surface area contributed by atoms with Crippen LogP contribution < -0.4 is 0 Å². The van der Waals surface area contributed by atoms with Gasteiger partial charge < -0.3 is 28.5 Å². The van der Waals surface area contributed by atoms with Crippen LogP contribution in [0.2, 0.25) is 0 Å². The van der Waals surface area contributed by atoms with Crippen LogP contribution in [0, 0.1) is 0 Å². The highest BCUT2D eigenvalue weighted by molar-refractivity contribution is 5.71. The molecule has 79 heavy (non-hydrogen) atoms. The van der Waals surface area contributed by atoms with Crippen molar-refractivity contribution < 1.29 is 42.9 Å². The Bertz CT molecular complexity index is 1390. The van der Waals surface area contributed by atoms with E-state index in [1.165, 1.54) is 263 Å². The van der Waals surface area contributed by atoms with Crippen molar-refractivity contribution in [3.8, 4) is 0 Å². The summed E-state index contributed by atoms with van der Waals surface area (Å²) >= 11 is 0. The van der Waals surface area contributed by atoms with Crippen LogP contribution in [0.4, 0.5) is 0 Å². The molecule has 0 aliphatic rings. The highest BCUT2D eigenvalue weighted by atomic mass is 16.7. The van der Waals surface area contributed by atoms with E-state index in [9.17, 15) is 19.5 Å².